The number of esters is 1. The molecule has 1 heterocycles. The highest BCUT2D eigenvalue weighted by Crippen LogP contribution is 2.33. The minimum atomic E-state index is -4.22. The van der Waals surface area contributed by atoms with Gasteiger partial charge in [0.2, 0.25) is 5.91 Å². The highest BCUT2D eigenvalue weighted by Gasteiger charge is 2.47. The van der Waals surface area contributed by atoms with E-state index in [9.17, 15) is 22.8 Å². The van der Waals surface area contributed by atoms with Crippen LogP contribution in [-0.2, 0) is 9.53 Å². The number of carbonyl (C=O) groups excluding carboxylic acids is 2. The molecule has 1 aromatic carbocycles. The van der Waals surface area contributed by atoms with Gasteiger partial charge in [-0.05, 0) is 19.1 Å². The first-order valence-corrected chi connectivity index (χ1v) is 7.16. The fraction of sp³-hybridized carbons (Fsp3) is 0.467. The van der Waals surface area contributed by atoms with Crippen LogP contribution in [0.1, 0.15) is 17.3 Å². The van der Waals surface area contributed by atoms with Crippen LogP contribution in [0.4, 0.5) is 18.9 Å². The van der Waals surface area contributed by atoms with E-state index in [0.717, 1.165) is 0 Å². The van der Waals surface area contributed by atoms with E-state index in [0.29, 0.717) is 0 Å². The number of anilines is 1. The number of amides is 1. The normalized spacial score (nSPS) is 15.8. The van der Waals surface area contributed by atoms with Crippen molar-refractivity contribution in [2.24, 2.45) is 5.92 Å². The van der Waals surface area contributed by atoms with E-state index >= 15 is 0 Å². The Balaban J connectivity index is 1.91. The third kappa shape index (κ3) is 4.44. The average Bonchev–Trinajstić information content (AvgIpc) is 2.42. The number of hydrogen-bond donors (Lipinski definition) is 1. The van der Waals surface area contributed by atoms with E-state index in [1.165, 1.54) is 11.0 Å². The van der Waals surface area contributed by atoms with Gasteiger partial charge in [-0.2, -0.15) is 13.2 Å². The molecule has 5 nitrogen and oxygen atoms in total. The van der Waals surface area contributed by atoms with Crippen molar-refractivity contribution >= 4 is 17.6 Å². The van der Waals surface area contributed by atoms with Crippen molar-refractivity contribution in [2.45, 2.75) is 13.1 Å². The number of benzene rings is 1. The molecular formula is C15H17F3N2O3. The van der Waals surface area contributed by atoms with Crippen LogP contribution >= 0.6 is 0 Å². The van der Waals surface area contributed by atoms with Gasteiger partial charge in [-0.25, -0.2) is 4.79 Å². The molecule has 1 saturated heterocycles. The maximum Gasteiger partial charge on any atom is 0.394 e. The summed E-state index contributed by atoms with van der Waals surface area (Å²) in [6.07, 6.45) is -4.22. The Morgan fingerprint density at radius 3 is 2.57 bits per heavy atom. The van der Waals surface area contributed by atoms with Crippen molar-refractivity contribution < 1.29 is 27.5 Å². The molecule has 0 aliphatic carbocycles. The fourth-order valence-electron chi connectivity index (χ4n) is 2.28. The summed E-state index contributed by atoms with van der Waals surface area (Å²) in [4.78, 5) is 25.1. The van der Waals surface area contributed by atoms with Gasteiger partial charge in [0.25, 0.3) is 0 Å². The molecule has 1 aromatic rings. The second kappa shape index (κ2) is 6.99. The standard InChI is InChI=1S/C15H17F3N2O3/c1-2-23-14(22)11-5-3-4-6-12(11)19-13(21)9-20-7-10(8-20)15(16,17)18/h3-6,10H,2,7-9H2,1H3,(H,19,21). The Bertz CT molecular complexity index is 584. The number of hydrogen-bond acceptors (Lipinski definition) is 4. The highest BCUT2D eigenvalue weighted by molar-refractivity contribution is 6.01. The number of halogens is 3. The molecule has 2 rings (SSSR count). The van der Waals surface area contributed by atoms with Crippen LogP contribution < -0.4 is 5.32 Å². The zero-order valence-corrected chi connectivity index (χ0v) is 12.5. The Hall–Kier alpha value is -2.09. The maximum absolute atomic E-state index is 12.4. The van der Waals surface area contributed by atoms with Gasteiger partial charge in [0.1, 0.15) is 0 Å². The molecule has 1 fully saturated rings. The van der Waals surface area contributed by atoms with Crippen LogP contribution in [-0.4, -0.2) is 49.2 Å². The zero-order valence-electron chi connectivity index (χ0n) is 12.5. The Morgan fingerprint density at radius 1 is 1.30 bits per heavy atom. The van der Waals surface area contributed by atoms with Gasteiger partial charge in [0.15, 0.2) is 0 Å². The van der Waals surface area contributed by atoms with Crippen LogP contribution in [0.3, 0.4) is 0 Å². The summed E-state index contributed by atoms with van der Waals surface area (Å²) in [5, 5.41) is 2.54. The highest BCUT2D eigenvalue weighted by atomic mass is 19.4. The molecule has 8 heteroatoms. The van der Waals surface area contributed by atoms with E-state index in [2.05, 4.69) is 5.32 Å². The van der Waals surface area contributed by atoms with Crippen LogP contribution in [0.5, 0.6) is 0 Å². The monoisotopic (exact) mass is 330 g/mol. The second-order valence-electron chi connectivity index (χ2n) is 5.25. The van der Waals surface area contributed by atoms with Crippen LogP contribution in [0.15, 0.2) is 24.3 Å². The number of ether oxygens (including phenoxy) is 1. The van der Waals surface area contributed by atoms with E-state index in [1.54, 1.807) is 25.1 Å². The quantitative estimate of drug-likeness (QED) is 0.842. The minimum Gasteiger partial charge on any atom is -0.462 e. The minimum absolute atomic E-state index is 0.149. The summed E-state index contributed by atoms with van der Waals surface area (Å²) in [6.45, 7) is 1.35. The summed E-state index contributed by atoms with van der Waals surface area (Å²) in [7, 11) is 0. The third-order valence-electron chi connectivity index (χ3n) is 3.48. The number of likely N-dealkylation sites (tertiary alicyclic amines) is 1. The molecule has 0 unspecified atom stereocenters. The number of alkyl halides is 3. The van der Waals surface area contributed by atoms with Crippen LogP contribution in [0.25, 0.3) is 0 Å². The number of rotatable bonds is 5. The largest absolute Gasteiger partial charge is 0.462 e. The Morgan fingerprint density at radius 2 is 1.96 bits per heavy atom. The summed E-state index contributed by atoms with van der Waals surface area (Å²) >= 11 is 0. The van der Waals surface area contributed by atoms with Gasteiger partial charge in [0.05, 0.1) is 30.3 Å². The van der Waals surface area contributed by atoms with Crippen LogP contribution in [0.2, 0.25) is 0 Å². The second-order valence-corrected chi connectivity index (χ2v) is 5.25. The molecule has 1 N–H and O–H groups in total. The predicted molar refractivity (Wildman–Crippen MR) is 77.0 cm³/mol. The van der Waals surface area contributed by atoms with Gasteiger partial charge < -0.3 is 10.1 Å². The van der Waals surface area contributed by atoms with E-state index in [-0.39, 0.29) is 37.5 Å². The lowest BCUT2D eigenvalue weighted by atomic mass is 10.00. The maximum atomic E-state index is 12.4. The molecule has 23 heavy (non-hydrogen) atoms. The van der Waals surface area contributed by atoms with Crippen molar-refractivity contribution in [1.29, 1.82) is 0 Å². The molecule has 0 aromatic heterocycles. The SMILES string of the molecule is CCOC(=O)c1ccccc1NC(=O)CN1CC(C(F)(F)F)C1. The number of carbonyl (C=O) groups is 2. The van der Waals surface area contributed by atoms with Gasteiger partial charge >= 0.3 is 12.1 Å². The smallest absolute Gasteiger partial charge is 0.394 e. The van der Waals surface area contributed by atoms with Crippen molar-refractivity contribution in [1.82, 2.24) is 4.90 Å². The molecular weight excluding hydrogens is 313 g/mol. The summed E-state index contributed by atoms with van der Waals surface area (Å²) in [6, 6.07) is 6.32. The van der Waals surface area contributed by atoms with Gasteiger partial charge in [0, 0.05) is 13.1 Å². The van der Waals surface area contributed by atoms with E-state index in [1.807, 2.05) is 0 Å². The number of para-hydroxylation sites is 1. The average molecular weight is 330 g/mol. The van der Waals surface area contributed by atoms with Gasteiger partial charge in [-0.15, -0.1) is 0 Å². The molecule has 0 spiro atoms. The summed E-state index contributed by atoms with van der Waals surface area (Å²) < 4.78 is 42.1. The first kappa shape index (κ1) is 17.3. The van der Waals surface area contributed by atoms with Crippen LogP contribution in [0, 0.1) is 5.92 Å². The molecule has 1 aliphatic rings. The lowest BCUT2D eigenvalue weighted by molar-refractivity contribution is -0.208. The van der Waals surface area contributed by atoms with Gasteiger partial charge in [-0.3, -0.25) is 9.69 Å². The molecule has 1 aliphatic heterocycles. The van der Waals surface area contributed by atoms with Crippen molar-refractivity contribution in [3.8, 4) is 0 Å². The van der Waals surface area contributed by atoms with E-state index < -0.39 is 24.0 Å². The number of nitrogens with zero attached hydrogens (tertiary/aromatic N) is 1. The zero-order chi connectivity index (χ0) is 17.0. The van der Waals surface area contributed by atoms with Crippen molar-refractivity contribution in [3.05, 3.63) is 29.8 Å². The molecule has 0 atom stereocenters. The molecule has 0 bridgehead atoms. The van der Waals surface area contributed by atoms with Gasteiger partial charge in [-0.1, -0.05) is 12.1 Å². The molecule has 0 saturated carbocycles. The molecule has 1 amide bonds. The number of nitrogens with one attached hydrogen (secondary N) is 1. The molecule has 126 valence electrons. The predicted octanol–water partition coefficient (Wildman–Crippen LogP) is 2.30. The third-order valence-corrected chi connectivity index (χ3v) is 3.48. The first-order chi connectivity index (χ1) is 10.8. The fourth-order valence-corrected chi connectivity index (χ4v) is 2.28. The van der Waals surface area contributed by atoms with Crippen molar-refractivity contribution in [2.75, 3.05) is 31.6 Å². The van der Waals surface area contributed by atoms with E-state index in [4.69, 9.17) is 4.74 Å². The summed E-state index contributed by atoms with van der Waals surface area (Å²) in [5.74, 6) is -2.41. The topological polar surface area (TPSA) is 58.6 Å². The first-order valence-electron chi connectivity index (χ1n) is 7.16. The Kier molecular flexibility index (Phi) is 5.25. The van der Waals surface area contributed by atoms with Crippen molar-refractivity contribution in [3.63, 3.8) is 0 Å². The Labute approximate surface area is 131 Å². The lowest BCUT2D eigenvalue weighted by Gasteiger charge is -2.39. The lowest BCUT2D eigenvalue weighted by Crippen LogP contribution is -2.55. The molecule has 0 radical (unpaired) electrons. The summed E-state index contributed by atoms with van der Waals surface area (Å²) in [5.41, 5.74) is 0.489.